The molecule has 0 aromatic rings. The first-order valence-corrected chi connectivity index (χ1v) is 10.9. The van der Waals surface area contributed by atoms with Crippen molar-refractivity contribution >= 4 is 61.8 Å². The lowest BCUT2D eigenvalue weighted by Gasteiger charge is -2.24. The van der Waals surface area contributed by atoms with Crippen LogP contribution in [0, 0.1) is 0 Å². The fourth-order valence-electron chi connectivity index (χ4n) is 1.11. The number of rotatable bonds is 11. The third kappa shape index (κ3) is 11.1. The van der Waals surface area contributed by atoms with Gasteiger partial charge in [0.2, 0.25) is 0 Å². The van der Waals surface area contributed by atoms with E-state index in [0.717, 1.165) is 0 Å². The number of hydrogen-bond donors (Lipinski definition) is 0. The van der Waals surface area contributed by atoms with Crippen LogP contribution in [-0.2, 0) is 31.7 Å². The number of phosphoric acid groups is 1. The summed E-state index contributed by atoms with van der Waals surface area (Å²) in [5.41, 5.74) is -3.96. The molecular weight excluding hydrogens is 424 g/mol. The van der Waals surface area contributed by atoms with Gasteiger partial charge in [0.1, 0.15) is 22.3 Å². The van der Waals surface area contributed by atoms with E-state index >= 15 is 0 Å². The molecule has 0 aromatic heterocycles. The van der Waals surface area contributed by atoms with E-state index in [1.54, 1.807) is 0 Å². The van der Waals surface area contributed by atoms with Crippen LogP contribution >= 0.6 is 61.8 Å². The highest BCUT2D eigenvalue weighted by Crippen LogP contribution is 2.59. The largest absolute Gasteiger partial charge is 0.478 e. The van der Waals surface area contributed by atoms with Crippen molar-refractivity contribution in [1.82, 2.24) is 0 Å². The topological polar surface area (TPSA) is 80.3 Å². The maximum Gasteiger partial charge on any atom is 0.478 e. The minimum Gasteiger partial charge on any atom is -0.288 e. The Labute approximate surface area is 149 Å². The van der Waals surface area contributed by atoms with Gasteiger partial charge in [-0.3, -0.25) is 27.2 Å². The Hall–Kier alpha value is 1.42. The normalized spacial score (nSPS) is 23.1. The highest BCUT2D eigenvalue weighted by molar-refractivity contribution is 7.55. The van der Waals surface area contributed by atoms with Crippen LogP contribution in [0.4, 0.5) is 0 Å². The molecule has 0 aliphatic rings. The molecule has 0 saturated heterocycles. The van der Waals surface area contributed by atoms with E-state index in [1.807, 2.05) is 0 Å². The summed E-state index contributed by atoms with van der Waals surface area (Å²) in [4.78, 5) is 0. The molecule has 0 N–H and O–H groups in total. The zero-order valence-electron chi connectivity index (χ0n) is 12.3. The molecule has 0 bridgehead atoms. The standard InChI is InChI=1S/C9H18Cl4O7P2/c1-6(10)17-21(14,18-7(2)11)5-16-22(15,19-8(3)12)20-9(4)13/h6-9H,5H2,1-4H3. The summed E-state index contributed by atoms with van der Waals surface area (Å²) < 4.78 is 49.3. The summed E-state index contributed by atoms with van der Waals surface area (Å²) in [5, 5.41) is 0. The van der Waals surface area contributed by atoms with Crippen LogP contribution in [0.15, 0.2) is 0 Å². The van der Waals surface area contributed by atoms with Gasteiger partial charge >= 0.3 is 15.4 Å². The van der Waals surface area contributed by atoms with Crippen molar-refractivity contribution in [2.45, 2.75) is 49.9 Å². The molecule has 4 atom stereocenters. The fourth-order valence-corrected chi connectivity index (χ4v) is 5.50. The lowest BCUT2D eigenvalue weighted by Crippen LogP contribution is -2.12. The molecule has 0 radical (unpaired) electrons. The van der Waals surface area contributed by atoms with Crippen LogP contribution in [0.1, 0.15) is 27.7 Å². The Bertz CT molecular complexity index is 353. The zero-order valence-corrected chi connectivity index (χ0v) is 17.1. The van der Waals surface area contributed by atoms with Gasteiger partial charge in [-0.1, -0.05) is 46.4 Å². The fraction of sp³-hybridized carbons (Fsp3) is 1.00. The number of phosphoric ester groups is 1. The molecule has 22 heavy (non-hydrogen) atoms. The maximum atomic E-state index is 12.4. The van der Waals surface area contributed by atoms with Crippen molar-refractivity contribution in [1.29, 1.82) is 0 Å². The first kappa shape index (κ1) is 23.4. The van der Waals surface area contributed by atoms with Crippen molar-refractivity contribution in [3.8, 4) is 0 Å². The van der Waals surface area contributed by atoms with E-state index in [2.05, 4.69) is 0 Å². The maximum absolute atomic E-state index is 12.4. The lowest BCUT2D eigenvalue weighted by atomic mass is 10.9. The SMILES string of the molecule is CC(Cl)OP(=O)(COP(=O)(OC(C)Cl)OC(C)Cl)OC(C)Cl. The van der Waals surface area contributed by atoms with E-state index in [1.165, 1.54) is 27.7 Å². The van der Waals surface area contributed by atoms with Gasteiger partial charge in [-0.2, -0.15) is 0 Å². The highest BCUT2D eigenvalue weighted by atomic mass is 35.5. The summed E-state index contributed by atoms with van der Waals surface area (Å²) in [6.07, 6.45) is -0.786. The van der Waals surface area contributed by atoms with Gasteiger partial charge < -0.3 is 0 Å². The monoisotopic (exact) mass is 440 g/mol. The summed E-state index contributed by atoms with van der Waals surface area (Å²) in [5.74, 6) is 0. The van der Waals surface area contributed by atoms with Crippen LogP contribution in [0.5, 0.6) is 0 Å². The van der Waals surface area contributed by atoms with Gasteiger partial charge in [0.15, 0.2) is 6.35 Å². The van der Waals surface area contributed by atoms with Crippen LogP contribution in [0.3, 0.4) is 0 Å². The average molecular weight is 442 g/mol. The third-order valence-corrected chi connectivity index (χ3v) is 5.91. The summed E-state index contributed by atoms with van der Waals surface area (Å²) in [6.45, 7) is 5.58. The third-order valence-electron chi connectivity index (χ3n) is 1.53. The lowest BCUT2D eigenvalue weighted by molar-refractivity contribution is 0.101. The van der Waals surface area contributed by atoms with Crippen LogP contribution in [0.2, 0.25) is 0 Å². The second-order valence-electron chi connectivity index (χ2n) is 3.91. The molecule has 0 aliphatic heterocycles. The minimum absolute atomic E-state index is 0.786. The molecule has 0 rings (SSSR count). The molecule has 0 saturated carbocycles. The van der Waals surface area contributed by atoms with E-state index in [-0.39, 0.29) is 0 Å². The van der Waals surface area contributed by atoms with Gasteiger partial charge in [-0.25, -0.2) is 4.57 Å². The van der Waals surface area contributed by atoms with E-state index in [4.69, 9.17) is 69.0 Å². The smallest absolute Gasteiger partial charge is 0.288 e. The van der Waals surface area contributed by atoms with Crippen molar-refractivity contribution in [3.05, 3.63) is 0 Å². The van der Waals surface area contributed by atoms with Crippen LogP contribution in [-0.4, -0.2) is 28.6 Å². The zero-order chi connectivity index (χ0) is 17.6. The Morgan fingerprint density at radius 2 is 1.05 bits per heavy atom. The van der Waals surface area contributed by atoms with Crippen LogP contribution in [0.25, 0.3) is 0 Å². The van der Waals surface area contributed by atoms with Gasteiger partial charge in [0.25, 0.3) is 0 Å². The summed E-state index contributed by atoms with van der Waals surface area (Å²) >= 11 is 22.4. The Kier molecular flexibility index (Phi) is 11.1. The molecule has 134 valence electrons. The summed E-state index contributed by atoms with van der Waals surface area (Å²) in [7, 11) is -8.12. The summed E-state index contributed by atoms with van der Waals surface area (Å²) in [6, 6.07) is 0. The van der Waals surface area contributed by atoms with E-state index in [9.17, 15) is 9.13 Å². The quantitative estimate of drug-likeness (QED) is 0.302. The molecule has 4 unspecified atom stereocenters. The van der Waals surface area contributed by atoms with Gasteiger partial charge in [0, 0.05) is 0 Å². The van der Waals surface area contributed by atoms with Crippen molar-refractivity contribution in [2.75, 3.05) is 6.35 Å². The predicted molar refractivity (Wildman–Crippen MR) is 86.8 cm³/mol. The molecule has 0 spiro atoms. The van der Waals surface area contributed by atoms with Gasteiger partial charge in [-0.05, 0) is 27.7 Å². The minimum atomic E-state index is -4.20. The Morgan fingerprint density at radius 1 is 0.727 bits per heavy atom. The Morgan fingerprint density at radius 3 is 1.32 bits per heavy atom. The van der Waals surface area contributed by atoms with Gasteiger partial charge in [-0.15, -0.1) is 0 Å². The molecule has 0 fully saturated rings. The van der Waals surface area contributed by atoms with Crippen molar-refractivity contribution < 1.29 is 31.7 Å². The predicted octanol–water partition coefficient (Wildman–Crippen LogP) is 5.67. The molecule has 0 amide bonds. The molecule has 0 heterocycles. The number of alkyl halides is 4. The van der Waals surface area contributed by atoms with E-state index in [0.29, 0.717) is 0 Å². The van der Waals surface area contributed by atoms with Crippen LogP contribution < -0.4 is 0 Å². The molecule has 0 aliphatic carbocycles. The molecule has 7 nitrogen and oxygen atoms in total. The average Bonchev–Trinajstić information content (AvgIpc) is 2.21. The first-order valence-electron chi connectivity index (χ1n) is 6.01. The molecule has 13 heteroatoms. The van der Waals surface area contributed by atoms with Crippen molar-refractivity contribution in [2.24, 2.45) is 0 Å². The second-order valence-corrected chi connectivity index (χ2v) is 9.84. The van der Waals surface area contributed by atoms with E-state index < -0.39 is 44.0 Å². The number of halogens is 4. The molecule has 0 aromatic carbocycles. The van der Waals surface area contributed by atoms with Crippen molar-refractivity contribution in [3.63, 3.8) is 0 Å². The number of hydrogen-bond acceptors (Lipinski definition) is 7. The Balaban J connectivity index is 5.02. The highest BCUT2D eigenvalue weighted by Gasteiger charge is 2.37. The molecular formula is C9H18Cl4O7P2. The first-order chi connectivity index (χ1) is 9.87. The second kappa shape index (κ2) is 10.4. The van der Waals surface area contributed by atoms with Gasteiger partial charge in [0.05, 0.1) is 0 Å².